The summed E-state index contributed by atoms with van der Waals surface area (Å²) >= 11 is 0. The molecule has 1 aliphatic heterocycles. The van der Waals surface area contributed by atoms with E-state index in [2.05, 4.69) is 4.72 Å². The summed E-state index contributed by atoms with van der Waals surface area (Å²) in [7, 11) is -3.19. The van der Waals surface area contributed by atoms with E-state index in [4.69, 9.17) is 0 Å². The molecule has 0 aromatic heterocycles. The molecule has 1 aromatic carbocycles. The smallest absolute Gasteiger partial charge is 0.213 e. The number of anilines is 1. The minimum atomic E-state index is -3.19. The van der Waals surface area contributed by atoms with Crippen LogP contribution in [0.3, 0.4) is 0 Å². The Balaban J connectivity index is 2.20. The molecular formula is C10H13FN2O2S. The summed E-state index contributed by atoms with van der Waals surface area (Å²) in [5, 5.41) is 0. The zero-order chi connectivity index (χ0) is 11.6. The maximum absolute atomic E-state index is 13.5. The van der Waals surface area contributed by atoms with Crippen molar-refractivity contribution in [2.24, 2.45) is 0 Å². The molecule has 2 rings (SSSR count). The van der Waals surface area contributed by atoms with Crippen LogP contribution >= 0.6 is 0 Å². The third kappa shape index (κ3) is 2.51. The van der Waals surface area contributed by atoms with E-state index in [-0.39, 0.29) is 11.6 Å². The normalized spacial score (nSPS) is 20.4. The molecule has 0 aliphatic carbocycles. The second-order valence-corrected chi connectivity index (χ2v) is 5.58. The van der Waals surface area contributed by atoms with Gasteiger partial charge in [-0.15, -0.1) is 0 Å². The number of nitrogens with zero attached hydrogens (tertiary/aromatic N) is 1. The lowest BCUT2D eigenvalue weighted by atomic mass is 10.2. The first kappa shape index (κ1) is 11.3. The average Bonchev–Trinajstić information content (AvgIpc) is 2.40. The van der Waals surface area contributed by atoms with Gasteiger partial charge in [0, 0.05) is 19.6 Å². The van der Waals surface area contributed by atoms with E-state index >= 15 is 0 Å². The Labute approximate surface area is 94.1 Å². The largest absolute Gasteiger partial charge is 0.367 e. The number of halogens is 1. The lowest BCUT2D eigenvalue weighted by molar-refractivity contribution is 0.586. The molecule has 0 unspecified atom stereocenters. The fraction of sp³-hybridized carbons (Fsp3) is 0.400. The summed E-state index contributed by atoms with van der Waals surface area (Å²) in [4.78, 5) is 1.74. The van der Waals surface area contributed by atoms with Crippen LogP contribution in [0, 0.1) is 5.82 Å². The van der Waals surface area contributed by atoms with Crippen molar-refractivity contribution < 1.29 is 12.8 Å². The van der Waals surface area contributed by atoms with Crippen LogP contribution in [0.15, 0.2) is 24.3 Å². The number of benzene rings is 1. The molecule has 1 N–H and O–H groups in total. The van der Waals surface area contributed by atoms with Gasteiger partial charge in [-0.25, -0.2) is 17.5 Å². The van der Waals surface area contributed by atoms with Gasteiger partial charge in [-0.05, 0) is 12.1 Å². The summed E-state index contributed by atoms with van der Waals surface area (Å²) < 4.78 is 38.5. The number of para-hydroxylation sites is 1. The van der Waals surface area contributed by atoms with E-state index < -0.39 is 10.0 Å². The SMILES string of the molecule is O=S1(=O)CCN(c2ccccc2F)CCN1. The number of hydrogen-bond acceptors (Lipinski definition) is 3. The summed E-state index contributed by atoms with van der Waals surface area (Å²) in [5.74, 6) is -0.316. The van der Waals surface area contributed by atoms with E-state index in [1.165, 1.54) is 6.07 Å². The van der Waals surface area contributed by atoms with Crippen LogP contribution in [-0.4, -0.2) is 33.8 Å². The van der Waals surface area contributed by atoms with E-state index in [1.807, 2.05) is 0 Å². The Hall–Kier alpha value is -1.14. The van der Waals surface area contributed by atoms with E-state index in [0.717, 1.165) is 0 Å². The van der Waals surface area contributed by atoms with Crippen molar-refractivity contribution in [3.05, 3.63) is 30.1 Å². The standard InChI is InChI=1S/C10H13FN2O2S/c11-9-3-1-2-4-10(9)13-6-5-12-16(14,15)8-7-13/h1-4,12H,5-8H2. The van der Waals surface area contributed by atoms with Crippen molar-refractivity contribution in [3.63, 3.8) is 0 Å². The third-order valence-corrected chi connectivity index (χ3v) is 3.89. The van der Waals surface area contributed by atoms with Gasteiger partial charge >= 0.3 is 0 Å². The van der Waals surface area contributed by atoms with Gasteiger partial charge in [0.25, 0.3) is 0 Å². The van der Waals surface area contributed by atoms with Crippen LogP contribution in [-0.2, 0) is 10.0 Å². The summed E-state index contributed by atoms with van der Waals surface area (Å²) in [6.07, 6.45) is 0. The van der Waals surface area contributed by atoms with Gasteiger partial charge in [-0.1, -0.05) is 12.1 Å². The molecule has 88 valence electrons. The Morgan fingerprint density at radius 2 is 2.00 bits per heavy atom. The monoisotopic (exact) mass is 244 g/mol. The zero-order valence-corrected chi connectivity index (χ0v) is 9.50. The van der Waals surface area contributed by atoms with Gasteiger partial charge in [0.05, 0.1) is 11.4 Å². The first-order chi connectivity index (χ1) is 7.58. The molecule has 0 amide bonds. The lowest BCUT2D eigenvalue weighted by Gasteiger charge is -2.21. The summed E-state index contributed by atoms with van der Waals surface area (Å²) in [6.45, 7) is 1.12. The van der Waals surface area contributed by atoms with Crippen LogP contribution in [0.4, 0.5) is 10.1 Å². The Morgan fingerprint density at radius 3 is 2.75 bits per heavy atom. The first-order valence-electron chi connectivity index (χ1n) is 5.05. The number of rotatable bonds is 1. The molecular weight excluding hydrogens is 231 g/mol. The molecule has 1 heterocycles. The van der Waals surface area contributed by atoms with Crippen LogP contribution in [0.1, 0.15) is 0 Å². The average molecular weight is 244 g/mol. The van der Waals surface area contributed by atoms with Crippen molar-refractivity contribution in [1.29, 1.82) is 0 Å². The molecule has 1 fully saturated rings. The predicted octanol–water partition coefficient (Wildman–Crippen LogP) is 0.565. The highest BCUT2D eigenvalue weighted by Crippen LogP contribution is 2.18. The highest BCUT2D eigenvalue weighted by atomic mass is 32.2. The quantitative estimate of drug-likeness (QED) is 0.785. The van der Waals surface area contributed by atoms with Gasteiger partial charge in [-0.3, -0.25) is 0 Å². The van der Waals surface area contributed by atoms with Gasteiger partial charge in [-0.2, -0.15) is 0 Å². The minimum Gasteiger partial charge on any atom is -0.367 e. The van der Waals surface area contributed by atoms with Crippen molar-refractivity contribution in [1.82, 2.24) is 4.72 Å². The van der Waals surface area contributed by atoms with Crippen molar-refractivity contribution in [3.8, 4) is 0 Å². The summed E-state index contributed by atoms with van der Waals surface area (Å²) in [6, 6.07) is 6.40. The zero-order valence-electron chi connectivity index (χ0n) is 8.69. The maximum atomic E-state index is 13.5. The van der Waals surface area contributed by atoms with Gasteiger partial charge in [0.2, 0.25) is 10.0 Å². The van der Waals surface area contributed by atoms with E-state index in [9.17, 15) is 12.8 Å². The van der Waals surface area contributed by atoms with Crippen LogP contribution in [0.25, 0.3) is 0 Å². The van der Waals surface area contributed by atoms with Crippen LogP contribution < -0.4 is 9.62 Å². The lowest BCUT2D eigenvalue weighted by Crippen LogP contribution is -2.29. The van der Waals surface area contributed by atoms with Crippen LogP contribution in [0.2, 0.25) is 0 Å². The Morgan fingerprint density at radius 1 is 1.25 bits per heavy atom. The molecule has 0 radical (unpaired) electrons. The van der Waals surface area contributed by atoms with Gasteiger partial charge in [0.1, 0.15) is 5.82 Å². The fourth-order valence-electron chi connectivity index (χ4n) is 1.70. The number of nitrogens with one attached hydrogen (secondary N) is 1. The van der Waals surface area contributed by atoms with Gasteiger partial charge in [0.15, 0.2) is 0 Å². The number of sulfonamides is 1. The molecule has 1 saturated heterocycles. The molecule has 0 atom stereocenters. The van der Waals surface area contributed by atoms with Crippen molar-refractivity contribution >= 4 is 15.7 Å². The third-order valence-electron chi connectivity index (χ3n) is 2.53. The molecule has 4 nitrogen and oxygen atoms in total. The minimum absolute atomic E-state index is 0.00132. The second kappa shape index (κ2) is 4.39. The summed E-state index contributed by atoms with van der Waals surface area (Å²) in [5.41, 5.74) is 0.460. The predicted molar refractivity (Wildman–Crippen MR) is 60.4 cm³/mol. The maximum Gasteiger partial charge on any atom is 0.213 e. The Kier molecular flexibility index (Phi) is 3.11. The van der Waals surface area contributed by atoms with E-state index in [1.54, 1.807) is 23.1 Å². The highest BCUT2D eigenvalue weighted by molar-refractivity contribution is 7.89. The Bertz CT molecular complexity index is 475. The first-order valence-corrected chi connectivity index (χ1v) is 6.70. The molecule has 1 aromatic rings. The van der Waals surface area contributed by atoms with Gasteiger partial charge < -0.3 is 4.90 Å². The van der Waals surface area contributed by atoms with Crippen molar-refractivity contribution in [2.75, 3.05) is 30.3 Å². The van der Waals surface area contributed by atoms with Crippen molar-refractivity contribution in [2.45, 2.75) is 0 Å². The molecule has 1 aliphatic rings. The fourth-order valence-corrected chi connectivity index (χ4v) is 2.71. The highest BCUT2D eigenvalue weighted by Gasteiger charge is 2.19. The molecule has 16 heavy (non-hydrogen) atoms. The topological polar surface area (TPSA) is 49.4 Å². The van der Waals surface area contributed by atoms with E-state index in [0.29, 0.717) is 25.3 Å². The van der Waals surface area contributed by atoms with Crippen LogP contribution in [0.5, 0.6) is 0 Å². The molecule has 0 spiro atoms. The molecule has 0 saturated carbocycles. The number of hydrogen-bond donors (Lipinski definition) is 1. The molecule has 6 heteroatoms. The second-order valence-electron chi connectivity index (χ2n) is 3.65. The molecule has 0 bridgehead atoms.